The number of hydrogen-bond acceptors (Lipinski definition) is 4. The van der Waals surface area contributed by atoms with Crippen molar-refractivity contribution in [3.8, 4) is 0 Å². The molecule has 32 heavy (non-hydrogen) atoms. The molecule has 5 nitrogen and oxygen atoms in total. The summed E-state index contributed by atoms with van der Waals surface area (Å²) in [7, 11) is 0. The molecule has 1 aliphatic rings. The Morgan fingerprint density at radius 3 is 2.47 bits per heavy atom. The van der Waals surface area contributed by atoms with Crippen LogP contribution in [0.25, 0.3) is 0 Å². The van der Waals surface area contributed by atoms with Crippen LogP contribution in [-0.4, -0.2) is 40.2 Å². The molecule has 1 atom stereocenters. The molecule has 4 rings (SSSR count). The Morgan fingerprint density at radius 2 is 1.78 bits per heavy atom. The number of ether oxygens (including phenoxy) is 1. The van der Waals surface area contributed by atoms with Gasteiger partial charge < -0.3 is 9.84 Å². The monoisotopic (exact) mass is 438 g/mol. The lowest BCUT2D eigenvalue weighted by Crippen LogP contribution is -2.37. The SMILES string of the molecule is O=C(O)c1ccnc(CN2CCC(OC(c3ccccc3)c3ccc(F)c(F)c3)CC2)c1. The summed E-state index contributed by atoms with van der Waals surface area (Å²) in [5.74, 6) is -2.74. The predicted octanol–water partition coefficient (Wildman–Crippen LogP) is 4.83. The molecule has 7 heteroatoms. The molecule has 0 saturated carbocycles. The van der Waals surface area contributed by atoms with Gasteiger partial charge in [-0.25, -0.2) is 13.6 Å². The normalized spacial score (nSPS) is 16.1. The Kier molecular flexibility index (Phi) is 6.87. The zero-order valence-corrected chi connectivity index (χ0v) is 17.5. The van der Waals surface area contributed by atoms with E-state index in [1.807, 2.05) is 30.3 Å². The number of pyridine rings is 1. The van der Waals surface area contributed by atoms with Gasteiger partial charge in [0.1, 0.15) is 6.10 Å². The molecule has 3 aromatic rings. The summed E-state index contributed by atoms with van der Waals surface area (Å²) in [4.78, 5) is 17.6. The van der Waals surface area contributed by atoms with E-state index in [-0.39, 0.29) is 11.7 Å². The second-order valence-corrected chi connectivity index (χ2v) is 7.92. The fourth-order valence-corrected chi connectivity index (χ4v) is 3.98. The molecule has 166 valence electrons. The van der Waals surface area contributed by atoms with Gasteiger partial charge in [0.05, 0.1) is 17.4 Å². The van der Waals surface area contributed by atoms with E-state index in [2.05, 4.69) is 9.88 Å². The fraction of sp³-hybridized carbons (Fsp3) is 0.280. The van der Waals surface area contributed by atoms with Gasteiger partial charge in [-0.15, -0.1) is 0 Å². The molecular formula is C25H24F2N2O3. The van der Waals surface area contributed by atoms with E-state index in [1.54, 1.807) is 12.1 Å². The van der Waals surface area contributed by atoms with Crippen LogP contribution < -0.4 is 0 Å². The Morgan fingerprint density at radius 1 is 1.03 bits per heavy atom. The van der Waals surface area contributed by atoms with Crippen molar-refractivity contribution in [2.24, 2.45) is 0 Å². The van der Waals surface area contributed by atoms with E-state index in [9.17, 15) is 13.6 Å². The summed E-state index contributed by atoms with van der Waals surface area (Å²) in [6.07, 6.45) is 2.53. The number of aromatic carboxylic acids is 1. The van der Waals surface area contributed by atoms with Crippen LogP contribution in [0.1, 0.15) is 46.1 Å². The van der Waals surface area contributed by atoms with Gasteiger partial charge in [-0.3, -0.25) is 9.88 Å². The fourth-order valence-electron chi connectivity index (χ4n) is 3.98. The highest BCUT2D eigenvalue weighted by atomic mass is 19.2. The van der Waals surface area contributed by atoms with Crippen molar-refractivity contribution in [3.05, 3.63) is 101 Å². The summed E-state index contributed by atoms with van der Waals surface area (Å²) >= 11 is 0. The predicted molar refractivity (Wildman–Crippen MR) is 115 cm³/mol. The van der Waals surface area contributed by atoms with Crippen molar-refractivity contribution in [3.63, 3.8) is 0 Å². The minimum Gasteiger partial charge on any atom is -0.478 e. The van der Waals surface area contributed by atoms with Crippen LogP contribution in [0.4, 0.5) is 8.78 Å². The molecule has 1 unspecified atom stereocenters. The number of rotatable bonds is 7. The first-order chi connectivity index (χ1) is 15.5. The van der Waals surface area contributed by atoms with Crippen molar-refractivity contribution in [2.45, 2.75) is 31.6 Å². The topological polar surface area (TPSA) is 62.7 Å². The molecule has 1 saturated heterocycles. The Labute approximate surface area is 185 Å². The minimum absolute atomic E-state index is 0.0390. The van der Waals surface area contributed by atoms with Crippen molar-refractivity contribution in [1.82, 2.24) is 9.88 Å². The first-order valence-corrected chi connectivity index (χ1v) is 10.6. The highest BCUT2D eigenvalue weighted by Gasteiger charge is 2.25. The van der Waals surface area contributed by atoms with E-state index < -0.39 is 23.7 Å². The van der Waals surface area contributed by atoms with Gasteiger partial charge in [0.2, 0.25) is 0 Å². The lowest BCUT2D eigenvalue weighted by atomic mass is 9.99. The summed E-state index contributed by atoms with van der Waals surface area (Å²) in [5, 5.41) is 9.15. The quantitative estimate of drug-likeness (QED) is 0.573. The zero-order valence-electron chi connectivity index (χ0n) is 17.5. The third-order valence-corrected chi connectivity index (χ3v) is 5.66. The number of hydrogen-bond donors (Lipinski definition) is 1. The van der Waals surface area contributed by atoms with Crippen LogP contribution in [0.5, 0.6) is 0 Å². The van der Waals surface area contributed by atoms with Gasteiger partial charge in [-0.2, -0.15) is 0 Å². The number of halogens is 2. The Hall–Kier alpha value is -3.16. The van der Waals surface area contributed by atoms with Crippen molar-refractivity contribution < 1.29 is 23.4 Å². The molecule has 0 bridgehead atoms. The smallest absolute Gasteiger partial charge is 0.335 e. The Balaban J connectivity index is 1.42. The number of aromatic nitrogens is 1. The van der Waals surface area contributed by atoms with E-state index in [1.165, 1.54) is 18.3 Å². The molecule has 0 aliphatic carbocycles. The summed E-state index contributed by atoms with van der Waals surface area (Å²) in [6.45, 7) is 2.10. The molecule has 1 N–H and O–H groups in total. The van der Waals surface area contributed by atoms with Gasteiger partial charge in [0.25, 0.3) is 0 Å². The van der Waals surface area contributed by atoms with Crippen molar-refractivity contribution in [1.29, 1.82) is 0 Å². The number of piperidine rings is 1. The highest BCUT2D eigenvalue weighted by Crippen LogP contribution is 2.31. The second kappa shape index (κ2) is 9.97. The standard InChI is InChI=1S/C25H24F2N2O3/c26-22-7-6-18(15-23(22)27)24(17-4-2-1-3-5-17)32-21-9-12-29(13-10-21)16-20-14-19(25(30)31)8-11-28-20/h1-8,11,14-15,21,24H,9-10,12-13,16H2,(H,30,31). The molecule has 1 aromatic heterocycles. The number of carbonyl (C=O) groups is 1. The maximum Gasteiger partial charge on any atom is 0.335 e. The van der Waals surface area contributed by atoms with Crippen LogP contribution in [0.15, 0.2) is 66.9 Å². The maximum absolute atomic E-state index is 13.9. The van der Waals surface area contributed by atoms with Gasteiger partial charge in [-0.05, 0) is 48.2 Å². The van der Waals surface area contributed by atoms with Crippen LogP contribution in [0.3, 0.4) is 0 Å². The third-order valence-electron chi connectivity index (χ3n) is 5.66. The molecule has 0 radical (unpaired) electrons. The molecule has 2 heterocycles. The van der Waals surface area contributed by atoms with Crippen LogP contribution in [-0.2, 0) is 11.3 Å². The molecule has 0 amide bonds. The first kappa shape index (κ1) is 22.0. The number of carboxylic acid groups (broad SMARTS) is 1. The van der Waals surface area contributed by atoms with Crippen LogP contribution >= 0.6 is 0 Å². The molecule has 1 fully saturated rings. The van der Waals surface area contributed by atoms with Gasteiger partial charge in [0, 0.05) is 25.8 Å². The van der Waals surface area contributed by atoms with Crippen LogP contribution in [0, 0.1) is 11.6 Å². The average molecular weight is 438 g/mol. The van der Waals surface area contributed by atoms with Gasteiger partial charge >= 0.3 is 5.97 Å². The molecule has 0 spiro atoms. The minimum atomic E-state index is -0.968. The van der Waals surface area contributed by atoms with E-state index >= 15 is 0 Å². The second-order valence-electron chi connectivity index (χ2n) is 7.92. The summed E-state index contributed by atoms with van der Waals surface area (Å²) in [5.41, 5.74) is 2.40. The molecule has 1 aliphatic heterocycles. The number of benzene rings is 2. The van der Waals surface area contributed by atoms with E-state index in [0.717, 1.165) is 37.6 Å². The zero-order chi connectivity index (χ0) is 22.5. The van der Waals surface area contributed by atoms with Gasteiger partial charge in [0.15, 0.2) is 11.6 Å². The summed E-state index contributed by atoms with van der Waals surface area (Å²) < 4.78 is 33.7. The van der Waals surface area contributed by atoms with E-state index in [4.69, 9.17) is 9.84 Å². The average Bonchev–Trinajstić information content (AvgIpc) is 2.81. The highest BCUT2D eigenvalue weighted by molar-refractivity contribution is 5.87. The van der Waals surface area contributed by atoms with Crippen molar-refractivity contribution >= 4 is 5.97 Å². The molecule has 2 aromatic carbocycles. The van der Waals surface area contributed by atoms with Crippen molar-refractivity contribution in [2.75, 3.05) is 13.1 Å². The van der Waals surface area contributed by atoms with Gasteiger partial charge in [-0.1, -0.05) is 36.4 Å². The lowest BCUT2D eigenvalue weighted by molar-refractivity contribution is -0.0284. The van der Waals surface area contributed by atoms with E-state index in [0.29, 0.717) is 17.8 Å². The lowest BCUT2D eigenvalue weighted by Gasteiger charge is -2.34. The first-order valence-electron chi connectivity index (χ1n) is 10.6. The number of likely N-dealkylation sites (tertiary alicyclic amines) is 1. The maximum atomic E-state index is 13.9. The Bertz CT molecular complexity index is 1070. The third kappa shape index (κ3) is 5.36. The molecular weight excluding hydrogens is 414 g/mol. The summed E-state index contributed by atoms with van der Waals surface area (Å²) in [6, 6.07) is 16.5. The van der Waals surface area contributed by atoms with Crippen LogP contribution in [0.2, 0.25) is 0 Å². The number of nitrogens with zero attached hydrogens (tertiary/aromatic N) is 2. The largest absolute Gasteiger partial charge is 0.478 e. The number of carboxylic acids is 1.